The van der Waals surface area contributed by atoms with Crippen molar-refractivity contribution in [3.63, 3.8) is 0 Å². The topological polar surface area (TPSA) is 65.0 Å². The zero-order valence-electron chi connectivity index (χ0n) is 17.9. The largest absolute Gasteiger partial charge is 0.495 e. The number of pyridine rings is 1. The van der Waals surface area contributed by atoms with E-state index in [0.717, 1.165) is 35.1 Å². The highest BCUT2D eigenvalue weighted by molar-refractivity contribution is 6.62. The Hall–Kier alpha value is -1.87. The fourth-order valence-corrected chi connectivity index (χ4v) is 4.18. The Labute approximate surface area is 172 Å². The molecule has 29 heavy (non-hydrogen) atoms. The SMILES string of the molecule is CCn1c(=O)cc(N2CCOCC2)c2cc(B3OC(C)(C)C(C)(NC)O3)ccc21. The highest BCUT2D eigenvalue weighted by Gasteiger charge is 2.54. The number of hydrogen-bond acceptors (Lipinski definition) is 6. The van der Waals surface area contributed by atoms with Crippen LogP contribution in [0.1, 0.15) is 27.7 Å². The zero-order chi connectivity index (χ0) is 20.8. The van der Waals surface area contributed by atoms with Gasteiger partial charge in [-0.2, -0.15) is 0 Å². The van der Waals surface area contributed by atoms with Gasteiger partial charge >= 0.3 is 7.12 Å². The number of likely N-dealkylation sites (N-methyl/N-ethyl adjacent to an activating group) is 1. The van der Waals surface area contributed by atoms with E-state index in [0.29, 0.717) is 19.8 Å². The Morgan fingerprint density at radius 1 is 1.14 bits per heavy atom. The lowest BCUT2D eigenvalue weighted by molar-refractivity contribution is -0.0301. The minimum Gasteiger partial charge on any atom is -0.398 e. The van der Waals surface area contributed by atoms with Gasteiger partial charge in [-0.15, -0.1) is 0 Å². The number of hydrogen-bond donors (Lipinski definition) is 1. The number of aromatic nitrogens is 1. The van der Waals surface area contributed by atoms with Gasteiger partial charge in [-0.1, -0.05) is 12.1 Å². The summed E-state index contributed by atoms with van der Waals surface area (Å²) in [6, 6.07) is 7.86. The van der Waals surface area contributed by atoms with Gasteiger partial charge in [0.25, 0.3) is 5.56 Å². The molecule has 0 radical (unpaired) electrons. The molecule has 2 aliphatic rings. The normalized spacial score (nSPS) is 24.4. The number of fused-ring (bicyclic) bond motifs is 1. The van der Waals surface area contributed by atoms with E-state index in [1.165, 1.54) is 0 Å². The number of nitrogens with zero attached hydrogens (tertiary/aromatic N) is 2. The first-order valence-corrected chi connectivity index (χ1v) is 10.3. The predicted molar refractivity (Wildman–Crippen MR) is 116 cm³/mol. The fourth-order valence-electron chi connectivity index (χ4n) is 4.18. The lowest BCUT2D eigenvalue weighted by atomic mass is 9.78. The monoisotopic (exact) mass is 399 g/mol. The van der Waals surface area contributed by atoms with Gasteiger partial charge in [0.1, 0.15) is 5.72 Å². The Kier molecular flexibility index (Phi) is 5.23. The summed E-state index contributed by atoms with van der Waals surface area (Å²) in [6.45, 7) is 11.6. The van der Waals surface area contributed by atoms with Crippen molar-refractivity contribution in [2.24, 2.45) is 0 Å². The second kappa shape index (κ2) is 7.43. The van der Waals surface area contributed by atoms with E-state index in [1.54, 1.807) is 10.6 Å². The van der Waals surface area contributed by atoms with E-state index >= 15 is 0 Å². The highest BCUT2D eigenvalue weighted by atomic mass is 16.7. The summed E-state index contributed by atoms with van der Waals surface area (Å²) in [7, 11) is 1.40. The van der Waals surface area contributed by atoms with Gasteiger partial charge in [-0.25, -0.2) is 0 Å². The maximum atomic E-state index is 12.7. The van der Waals surface area contributed by atoms with Crippen LogP contribution in [0, 0.1) is 0 Å². The van der Waals surface area contributed by atoms with Crippen molar-refractivity contribution in [2.75, 3.05) is 38.3 Å². The molecular formula is C21H30BN3O4. The van der Waals surface area contributed by atoms with Gasteiger partial charge in [0.2, 0.25) is 0 Å². The Morgan fingerprint density at radius 3 is 2.48 bits per heavy atom. The van der Waals surface area contributed by atoms with E-state index in [9.17, 15) is 4.79 Å². The molecule has 8 heteroatoms. The van der Waals surface area contributed by atoms with Crippen molar-refractivity contribution in [2.45, 2.75) is 45.6 Å². The van der Waals surface area contributed by atoms with Crippen LogP contribution in [0.4, 0.5) is 5.69 Å². The van der Waals surface area contributed by atoms with Gasteiger partial charge in [-0.3, -0.25) is 10.1 Å². The third-order valence-corrected chi connectivity index (χ3v) is 6.42. The minimum atomic E-state index is -0.595. The van der Waals surface area contributed by atoms with Crippen LogP contribution in [0.5, 0.6) is 0 Å². The van der Waals surface area contributed by atoms with Gasteiger partial charge in [0, 0.05) is 31.1 Å². The first kappa shape index (κ1) is 20.4. The Balaban J connectivity index is 1.82. The van der Waals surface area contributed by atoms with Crippen LogP contribution in [-0.4, -0.2) is 56.4 Å². The quantitative estimate of drug-likeness (QED) is 0.783. The van der Waals surface area contributed by atoms with Crippen molar-refractivity contribution < 1.29 is 14.0 Å². The van der Waals surface area contributed by atoms with Gasteiger partial charge in [-0.05, 0) is 46.3 Å². The van der Waals surface area contributed by atoms with Crippen molar-refractivity contribution in [3.8, 4) is 0 Å². The molecule has 1 aromatic heterocycles. The smallest absolute Gasteiger partial charge is 0.398 e. The summed E-state index contributed by atoms with van der Waals surface area (Å²) in [5, 5.41) is 4.28. The molecule has 7 nitrogen and oxygen atoms in total. The molecule has 3 heterocycles. The van der Waals surface area contributed by atoms with Crippen LogP contribution in [-0.2, 0) is 20.6 Å². The molecule has 2 aliphatic heterocycles. The summed E-state index contributed by atoms with van der Waals surface area (Å²) >= 11 is 0. The van der Waals surface area contributed by atoms with Gasteiger partial charge < -0.3 is 23.5 Å². The summed E-state index contributed by atoms with van der Waals surface area (Å²) in [6.07, 6.45) is 0. The number of anilines is 1. The summed E-state index contributed by atoms with van der Waals surface area (Å²) in [5.74, 6) is 0. The molecule has 2 saturated heterocycles. The molecule has 1 N–H and O–H groups in total. The molecule has 2 aromatic rings. The third kappa shape index (κ3) is 3.38. The molecule has 0 spiro atoms. The lowest BCUT2D eigenvalue weighted by Gasteiger charge is -2.35. The molecule has 0 aliphatic carbocycles. The fraction of sp³-hybridized carbons (Fsp3) is 0.571. The van der Waals surface area contributed by atoms with E-state index in [2.05, 4.69) is 16.3 Å². The van der Waals surface area contributed by atoms with Crippen LogP contribution in [0.15, 0.2) is 29.1 Å². The molecule has 2 fully saturated rings. The summed E-state index contributed by atoms with van der Waals surface area (Å²) in [4.78, 5) is 15.0. The number of ether oxygens (including phenoxy) is 1. The average Bonchev–Trinajstić information content (AvgIpc) is 2.97. The van der Waals surface area contributed by atoms with Crippen molar-refractivity contribution >= 4 is 29.2 Å². The Bertz CT molecular complexity index is 970. The molecule has 1 atom stereocenters. The van der Waals surface area contributed by atoms with E-state index in [4.69, 9.17) is 14.0 Å². The highest BCUT2D eigenvalue weighted by Crippen LogP contribution is 2.35. The van der Waals surface area contributed by atoms with Crippen LogP contribution in [0.25, 0.3) is 10.9 Å². The molecule has 0 amide bonds. The van der Waals surface area contributed by atoms with Crippen LogP contribution < -0.4 is 21.2 Å². The average molecular weight is 399 g/mol. The van der Waals surface area contributed by atoms with E-state index in [1.807, 2.05) is 46.9 Å². The molecule has 1 unspecified atom stereocenters. The first-order valence-electron chi connectivity index (χ1n) is 10.3. The maximum absolute atomic E-state index is 12.7. The predicted octanol–water partition coefficient (Wildman–Crippen LogP) is 1.31. The number of aryl methyl sites for hydroxylation is 1. The third-order valence-electron chi connectivity index (χ3n) is 6.42. The van der Waals surface area contributed by atoms with E-state index in [-0.39, 0.29) is 5.56 Å². The number of nitrogens with one attached hydrogen (secondary N) is 1. The van der Waals surface area contributed by atoms with Crippen molar-refractivity contribution in [3.05, 3.63) is 34.6 Å². The van der Waals surface area contributed by atoms with Crippen LogP contribution in [0.2, 0.25) is 0 Å². The van der Waals surface area contributed by atoms with Crippen LogP contribution in [0.3, 0.4) is 0 Å². The number of rotatable bonds is 4. The molecule has 0 saturated carbocycles. The van der Waals surface area contributed by atoms with Gasteiger partial charge in [0.05, 0.1) is 30.0 Å². The zero-order valence-corrected chi connectivity index (χ0v) is 17.9. The van der Waals surface area contributed by atoms with Crippen molar-refractivity contribution in [1.29, 1.82) is 0 Å². The molecule has 156 valence electrons. The second-order valence-electron chi connectivity index (χ2n) is 8.35. The standard InChI is InChI=1S/C21H30BN3O4/c1-6-25-17-8-7-15(22-28-20(2,3)21(4,23-5)29-22)13-16(17)18(14-19(25)26)24-9-11-27-12-10-24/h7-8,13-14,23H,6,9-12H2,1-5H3. The first-order chi connectivity index (χ1) is 13.8. The summed E-state index contributed by atoms with van der Waals surface area (Å²) in [5.41, 5.74) is 1.76. The Morgan fingerprint density at radius 2 is 1.86 bits per heavy atom. The number of morpholine rings is 1. The van der Waals surface area contributed by atoms with Crippen LogP contribution >= 0.6 is 0 Å². The molecule has 0 bridgehead atoms. The lowest BCUT2D eigenvalue weighted by Crippen LogP contribution is -2.54. The minimum absolute atomic E-state index is 0.0199. The molecule has 4 rings (SSSR count). The second-order valence-corrected chi connectivity index (χ2v) is 8.35. The van der Waals surface area contributed by atoms with Gasteiger partial charge in [0.15, 0.2) is 0 Å². The number of benzene rings is 1. The van der Waals surface area contributed by atoms with E-state index < -0.39 is 18.4 Å². The summed E-state index contributed by atoms with van der Waals surface area (Å²) < 4.78 is 19.9. The molecule has 1 aromatic carbocycles. The molecular weight excluding hydrogens is 369 g/mol. The van der Waals surface area contributed by atoms with Crippen molar-refractivity contribution in [1.82, 2.24) is 9.88 Å². The maximum Gasteiger partial charge on any atom is 0.495 e.